The first-order valence-corrected chi connectivity index (χ1v) is 8.86. The van der Waals surface area contributed by atoms with Crippen LogP contribution in [-0.4, -0.2) is 48.0 Å². The minimum Gasteiger partial charge on any atom is -0.395 e. The zero-order chi connectivity index (χ0) is 18.8. The van der Waals surface area contributed by atoms with Crippen molar-refractivity contribution in [2.45, 2.75) is 19.9 Å². The van der Waals surface area contributed by atoms with Crippen LogP contribution in [0.2, 0.25) is 0 Å². The molecule has 27 heavy (non-hydrogen) atoms. The van der Waals surface area contributed by atoms with Gasteiger partial charge in [-0.1, -0.05) is 0 Å². The van der Waals surface area contributed by atoms with Gasteiger partial charge in [0.1, 0.15) is 11.3 Å². The lowest BCUT2D eigenvalue weighted by Gasteiger charge is -2.05. The maximum absolute atomic E-state index is 9.00. The quantitative estimate of drug-likeness (QED) is 0.486. The number of hydrogen-bond acceptors (Lipinski definition) is 6. The average molecular weight is 363 g/mol. The third-order valence-corrected chi connectivity index (χ3v) is 4.26. The molecule has 4 aromatic rings. The van der Waals surface area contributed by atoms with Crippen LogP contribution in [-0.2, 0) is 0 Å². The molecule has 4 heterocycles. The summed E-state index contributed by atoms with van der Waals surface area (Å²) in [7, 11) is 0. The van der Waals surface area contributed by atoms with Gasteiger partial charge in [-0.2, -0.15) is 5.10 Å². The van der Waals surface area contributed by atoms with Gasteiger partial charge in [0.05, 0.1) is 12.3 Å². The second-order valence-corrected chi connectivity index (χ2v) is 6.52. The van der Waals surface area contributed by atoms with Crippen molar-refractivity contribution in [1.82, 2.24) is 29.7 Å². The van der Waals surface area contributed by atoms with E-state index < -0.39 is 0 Å². The van der Waals surface area contributed by atoms with Gasteiger partial charge in [0, 0.05) is 53.9 Å². The lowest BCUT2D eigenvalue weighted by molar-refractivity contribution is 0.311. The van der Waals surface area contributed by atoms with Crippen LogP contribution in [0.15, 0.2) is 43.0 Å². The number of aliphatic hydroxyl groups is 1. The Hall–Kier alpha value is -3.26. The Labute approximate surface area is 156 Å². The van der Waals surface area contributed by atoms with Crippen LogP contribution in [0.4, 0.5) is 5.95 Å². The molecule has 0 spiro atoms. The van der Waals surface area contributed by atoms with Crippen molar-refractivity contribution in [3.05, 3.63) is 43.0 Å². The maximum atomic E-state index is 9.00. The zero-order valence-electron chi connectivity index (χ0n) is 15.2. The Morgan fingerprint density at radius 3 is 2.96 bits per heavy atom. The zero-order valence-corrected chi connectivity index (χ0v) is 15.2. The van der Waals surface area contributed by atoms with E-state index in [4.69, 9.17) is 10.2 Å². The van der Waals surface area contributed by atoms with Crippen LogP contribution in [0.5, 0.6) is 0 Å². The lowest BCUT2D eigenvalue weighted by Crippen LogP contribution is -2.08. The Balaban J connectivity index is 1.82. The molecule has 0 amide bonds. The number of aliphatic hydroxyl groups excluding tert-OH is 1. The number of hydrogen-bond donors (Lipinski definition) is 3. The van der Waals surface area contributed by atoms with E-state index in [1.165, 1.54) is 0 Å². The number of nitrogens with zero attached hydrogens (tertiary/aromatic N) is 5. The Kier molecular flexibility index (Phi) is 4.55. The monoisotopic (exact) mass is 363 g/mol. The predicted octanol–water partition coefficient (Wildman–Crippen LogP) is 2.87. The molecule has 0 bridgehead atoms. The second kappa shape index (κ2) is 7.16. The highest BCUT2D eigenvalue weighted by atomic mass is 16.3. The molecule has 0 unspecified atom stereocenters. The molecule has 0 aliphatic rings. The van der Waals surface area contributed by atoms with Crippen LogP contribution >= 0.6 is 0 Å². The van der Waals surface area contributed by atoms with Gasteiger partial charge in [0.2, 0.25) is 5.95 Å². The molecule has 0 radical (unpaired) electrons. The average Bonchev–Trinajstić information content (AvgIpc) is 3.33. The first kappa shape index (κ1) is 17.2. The van der Waals surface area contributed by atoms with Crippen molar-refractivity contribution in [3.63, 3.8) is 0 Å². The first-order chi connectivity index (χ1) is 13.2. The predicted molar refractivity (Wildman–Crippen MR) is 104 cm³/mol. The Morgan fingerprint density at radius 1 is 1.26 bits per heavy atom. The summed E-state index contributed by atoms with van der Waals surface area (Å²) >= 11 is 0. The highest BCUT2D eigenvalue weighted by Gasteiger charge is 2.17. The summed E-state index contributed by atoms with van der Waals surface area (Å²) in [4.78, 5) is 16.4. The van der Waals surface area contributed by atoms with Crippen LogP contribution in [0.25, 0.3) is 33.5 Å². The Bertz CT molecular complexity index is 1070. The summed E-state index contributed by atoms with van der Waals surface area (Å²) in [6, 6.07) is 6.14. The third kappa shape index (κ3) is 3.39. The maximum Gasteiger partial charge on any atom is 0.223 e. The SMILES string of the molecule is CC(C)n1cc(-c2ccnc(NCCO)n2)c(-c2cnc3[nH]ccc3c2)n1. The van der Waals surface area contributed by atoms with Gasteiger partial charge >= 0.3 is 0 Å². The summed E-state index contributed by atoms with van der Waals surface area (Å²) in [5, 5.41) is 17.8. The fourth-order valence-corrected chi connectivity index (χ4v) is 2.89. The van der Waals surface area contributed by atoms with Gasteiger partial charge in [-0.05, 0) is 32.0 Å². The number of aromatic amines is 1. The van der Waals surface area contributed by atoms with E-state index in [2.05, 4.69) is 45.2 Å². The van der Waals surface area contributed by atoms with Crippen LogP contribution in [0.1, 0.15) is 19.9 Å². The molecule has 3 N–H and O–H groups in total. The highest BCUT2D eigenvalue weighted by molar-refractivity contribution is 5.85. The van der Waals surface area contributed by atoms with E-state index in [0.29, 0.717) is 12.5 Å². The van der Waals surface area contributed by atoms with Crippen LogP contribution in [0, 0.1) is 0 Å². The molecule has 0 aliphatic carbocycles. The molecule has 8 nitrogen and oxygen atoms in total. The normalized spacial score (nSPS) is 11.4. The summed E-state index contributed by atoms with van der Waals surface area (Å²) in [6.45, 7) is 4.59. The number of aromatic nitrogens is 6. The van der Waals surface area contributed by atoms with Crippen molar-refractivity contribution in [2.24, 2.45) is 0 Å². The molecule has 0 atom stereocenters. The molecule has 0 saturated heterocycles. The number of rotatable bonds is 6. The first-order valence-electron chi connectivity index (χ1n) is 8.86. The molecule has 0 saturated carbocycles. The number of H-pyrrole nitrogens is 1. The van der Waals surface area contributed by atoms with Gasteiger partial charge in [-0.3, -0.25) is 4.68 Å². The van der Waals surface area contributed by atoms with E-state index in [1.807, 2.05) is 35.4 Å². The van der Waals surface area contributed by atoms with Crippen molar-refractivity contribution < 1.29 is 5.11 Å². The molecule has 0 aromatic carbocycles. The largest absolute Gasteiger partial charge is 0.395 e. The lowest BCUT2D eigenvalue weighted by atomic mass is 10.1. The van der Waals surface area contributed by atoms with Crippen molar-refractivity contribution in [3.8, 4) is 22.5 Å². The topological polar surface area (TPSA) is 105 Å². The minimum atomic E-state index is 0.0203. The molecule has 0 aliphatic heterocycles. The van der Waals surface area contributed by atoms with E-state index >= 15 is 0 Å². The van der Waals surface area contributed by atoms with Crippen molar-refractivity contribution in [2.75, 3.05) is 18.5 Å². The van der Waals surface area contributed by atoms with Crippen LogP contribution in [0.3, 0.4) is 0 Å². The molecule has 4 rings (SSSR count). The Morgan fingerprint density at radius 2 is 2.15 bits per heavy atom. The van der Waals surface area contributed by atoms with E-state index in [-0.39, 0.29) is 12.6 Å². The number of anilines is 1. The summed E-state index contributed by atoms with van der Waals surface area (Å²) in [5.41, 5.74) is 4.28. The van der Waals surface area contributed by atoms with Gasteiger partial charge in [0.25, 0.3) is 0 Å². The van der Waals surface area contributed by atoms with Gasteiger partial charge < -0.3 is 15.4 Å². The summed E-state index contributed by atoms with van der Waals surface area (Å²) in [6.07, 6.45) is 7.39. The smallest absolute Gasteiger partial charge is 0.223 e. The van der Waals surface area contributed by atoms with Gasteiger partial charge in [-0.15, -0.1) is 0 Å². The summed E-state index contributed by atoms with van der Waals surface area (Å²) < 4.78 is 1.93. The molecule has 0 fully saturated rings. The van der Waals surface area contributed by atoms with E-state index in [1.54, 1.807) is 6.20 Å². The standard InChI is InChI=1S/C19H21N7O/c1-12(2)26-11-15(16-4-6-21-19(24-16)22-7-8-27)17(25-26)14-9-13-3-5-20-18(13)23-10-14/h3-6,9-12,27H,7-8H2,1-2H3,(H,20,23)(H,21,22,24). The van der Waals surface area contributed by atoms with E-state index in [0.717, 1.165) is 33.5 Å². The van der Waals surface area contributed by atoms with Gasteiger partial charge in [0.15, 0.2) is 0 Å². The van der Waals surface area contributed by atoms with E-state index in [9.17, 15) is 0 Å². The molecule has 138 valence electrons. The van der Waals surface area contributed by atoms with Crippen molar-refractivity contribution >= 4 is 17.0 Å². The molecular formula is C19H21N7O. The van der Waals surface area contributed by atoms with Gasteiger partial charge in [-0.25, -0.2) is 15.0 Å². The third-order valence-electron chi connectivity index (χ3n) is 4.26. The fourth-order valence-electron chi connectivity index (χ4n) is 2.89. The summed E-state index contributed by atoms with van der Waals surface area (Å²) in [5.74, 6) is 0.476. The molecule has 8 heteroatoms. The number of pyridine rings is 1. The van der Waals surface area contributed by atoms with Crippen molar-refractivity contribution in [1.29, 1.82) is 0 Å². The number of nitrogens with one attached hydrogen (secondary N) is 2. The number of fused-ring (bicyclic) bond motifs is 1. The molecule has 4 aromatic heterocycles. The second-order valence-electron chi connectivity index (χ2n) is 6.52. The van der Waals surface area contributed by atoms with Crippen LogP contribution < -0.4 is 5.32 Å². The molecular weight excluding hydrogens is 342 g/mol. The highest BCUT2D eigenvalue weighted by Crippen LogP contribution is 2.32. The fraction of sp³-hybridized carbons (Fsp3) is 0.263. The minimum absolute atomic E-state index is 0.0203.